The number of alkyl halides is 1. The number of aliphatic hydroxyl groups excluding tert-OH is 2. The number of carbonyl (C=O) groups excluding carboxylic acids is 1. The highest BCUT2D eigenvalue weighted by Gasteiger charge is 2.40. The Bertz CT molecular complexity index is 855. The molecule has 2 aromatic rings. The number of fused-ring (bicyclic) bond motifs is 1. The van der Waals surface area contributed by atoms with Crippen molar-refractivity contribution in [3.63, 3.8) is 0 Å². The van der Waals surface area contributed by atoms with Gasteiger partial charge in [0.15, 0.2) is 0 Å². The maximum atomic E-state index is 13.2. The lowest BCUT2D eigenvalue weighted by Crippen LogP contribution is -2.34. The summed E-state index contributed by atoms with van der Waals surface area (Å²) >= 11 is 5.76. The molecule has 2 N–H and O–H groups in total. The fraction of sp³-hybridized carbons (Fsp3) is 0.400. The first kappa shape index (κ1) is 19.7. The molecule has 5 nitrogen and oxygen atoms in total. The first-order valence-corrected chi connectivity index (χ1v) is 9.24. The molecule has 144 valence electrons. The van der Waals surface area contributed by atoms with E-state index in [0.29, 0.717) is 35.6 Å². The zero-order chi connectivity index (χ0) is 19.8. The second-order valence-electron chi connectivity index (χ2n) is 7.40. The second kappa shape index (κ2) is 7.54. The summed E-state index contributed by atoms with van der Waals surface area (Å²) in [4.78, 5) is 18.5. The third kappa shape index (κ3) is 3.83. The van der Waals surface area contributed by atoms with Crippen molar-refractivity contribution in [3.8, 4) is 0 Å². The van der Waals surface area contributed by atoms with Crippen molar-refractivity contribution in [3.05, 3.63) is 58.7 Å². The molecule has 0 bridgehead atoms. The lowest BCUT2D eigenvalue weighted by atomic mass is 9.90. The van der Waals surface area contributed by atoms with Crippen molar-refractivity contribution in [2.24, 2.45) is 0 Å². The molecule has 1 atom stereocenters. The molecule has 1 amide bonds. The van der Waals surface area contributed by atoms with Gasteiger partial charge < -0.3 is 15.1 Å². The first-order valence-electron chi connectivity index (χ1n) is 8.71. The molecule has 3 rings (SSSR count). The van der Waals surface area contributed by atoms with Crippen molar-refractivity contribution >= 4 is 23.2 Å². The number of nitrogens with zero attached hydrogens (tertiary/aromatic N) is 2. The van der Waals surface area contributed by atoms with Crippen LogP contribution in [0.3, 0.4) is 0 Å². The normalized spacial score (nSPS) is 16.3. The highest BCUT2D eigenvalue weighted by molar-refractivity contribution is 6.29. The van der Waals surface area contributed by atoms with Crippen LogP contribution in [-0.4, -0.2) is 40.1 Å². The fourth-order valence-corrected chi connectivity index (χ4v) is 3.59. The third-order valence-corrected chi connectivity index (χ3v) is 5.04. The Kier molecular flexibility index (Phi) is 5.51. The predicted octanol–water partition coefficient (Wildman–Crippen LogP) is 2.70. The number of aromatic nitrogens is 1. The summed E-state index contributed by atoms with van der Waals surface area (Å²) in [5.74, 6) is -0.681. The quantitative estimate of drug-likeness (QED) is 0.767. The van der Waals surface area contributed by atoms with Crippen molar-refractivity contribution in [1.82, 2.24) is 4.98 Å². The highest BCUT2D eigenvalue weighted by atomic mass is 35.5. The minimum Gasteiger partial charge on any atom is -0.393 e. The average molecular weight is 393 g/mol. The van der Waals surface area contributed by atoms with Gasteiger partial charge in [-0.05, 0) is 35.7 Å². The van der Waals surface area contributed by atoms with Gasteiger partial charge in [0.1, 0.15) is 17.8 Å². The molecule has 1 aromatic carbocycles. The molecular weight excluding hydrogens is 371 g/mol. The van der Waals surface area contributed by atoms with Crippen molar-refractivity contribution in [1.29, 1.82) is 0 Å². The zero-order valence-electron chi connectivity index (χ0n) is 15.2. The molecule has 0 saturated heterocycles. The van der Waals surface area contributed by atoms with Gasteiger partial charge >= 0.3 is 0 Å². The monoisotopic (exact) mass is 392 g/mol. The molecule has 1 aliphatic heterocycles. The van der Waals surface area contributed by atoms with Gasteiger partial charge in [0.2, 0.25) is 5.91 Å². The Labute approximate surface area is 162 Å². The molecular formula is C20H22ClFN2O3. The summed E-state index contributed by atoms with van der Waals surface area (Å²) in [6.07, 6.45) is -0.754. The van der Waals surface area contributed by atoms with Crippen LogP contribution in [0.4, 0.5) is 10.1 Å². The molecule has 1 unspecified atom stereocenters. The smallest absolute Gasteiger partial charge is 0.241 e. The lowest BCUT2D eigenvalue weighted by Gasteiger charge is -2.19. The minimum atomic E-state index is -1.14. The molecule has 0 aliphatic carbocycles. The topological polar surface area (TPSA) is 73.7 Å². The molecule has 0 saturated carbocycles. The van der Waals surface area contributed by atoms with Crippen LogP contribution in [0.5, 0.6) is 0 Å². The van der Waals surface area contributed by atoms with Crippen LogP contribution in [0, 0.1) is 5.82 Å². The minimum absolute atomic E-state index is 0.135. The number of pyridine rings is 1. The first-order chi connectivity index (χ1) is 12.8. The summed E-state index contributed by atoms with van der Waals surface area (Å²) in [6.45, 7) is 3.91. The average Bonchev–Trinajstić information content (AvgIpc) is 2.92. The van der Waals surface area contributed by atoms with E-state index in [-0.39, 0.29) is 17.6 Å². The Balaban J connectivity index is 2.11. The number of halogens is 2. The van der Waals surface area contributed by atoms with Crippen LogP contribution in [-0.2, 0) is 16.6 Å². The van der Waals surface area contributed by atoms with E-state index < -0.39 is 18.1 Å². The van der Waals surface area contributed by atoms with E-state index in [9.17, 15) is 19.4 Å². The van der Waals surface area contributed by atoms with Crippen LogP contribution < -0.4 is 4.90 Å². The molecule has 7 heteroatoms. The van der Waals surface area contributed by atoms with Crippen molar-refractivity contribution in [2.75, 3.05) is 23.9 Å². The summed E-state index contributed by atoms with van der Waals surface area (Å²) in [5, 5.41) is 19.7. The van der Waals surface area contributed by atoms with Gasteiger partial charge in [-0.25, -0.2) is 4.39 Å². The number of hydrogen-bond acceptors (Lipinski definition) is 4. The SMILES string of the molecule is CC1(C)CN(C(=O)CCl)c2cc(Cc3ccc(F)cc3)c(C(O)CO)nc21. The van der Waals surface area contributed by atoms with E-state index in [4.69, 9.17) is 11.6 Å². The summed E-state index contributed by atoms with van der Waals surface area (Å²) in [6, 6.07) is 7.86. The Morgan fingerprint density at radius 2 is 2.04 bits per heavy atom. The fourth-order valence-electron chi connectivity index (χ4n) is 3.45. The van der Waals surface area contributed by atoms with Gasteiger partial charge in [-0.2, -0.15) is 0 Å². The molecule has 27 heavy (non-hydrogen) atoms. The number of amides is 1. The summed E-state index contributed by atoms with van der Waals surface area (Å²) < 4.78 is 13.2. The van der Waals surface area contributed by atoms with E-state index in [1.165, 1.54) is 12.1 Å². The largest absolute Gasteiger partial charge is 0.393 e. The number of rotatable bonds is 5. The van der Waals surface area contributed by atoms with E-state index >= 15 is 0 Å². The Morgan fingerprint density at radius 1 is 1.37 bits per heavy atom. The maximum absolute atomic E-state index is 13.2. The lowest BCUT2D eigenvalue weighted by molar-refractivity contribution is -0.116. The van der Waals surface area contributed by atoms with E-state index in [1.54, 1.807) is 17.0 Å². The van der Waals surface area contributed by atoms with Gasteiger partial charge in [0, 0.05) is 12.0 Å². The number of aliphatic hydroxyl groups is 2. The van der Waals surface area contributed by atoms with Crippen molar-refractivity contribution in [2.45, 2.75) is 31.8 Å². The number of hydrogen-bond donors (Lipinski definition) is 2. The standard InChI is InChI=1S/C20H22ClFN2O3/c1-20(2)11-24(17(27)9-21)15-8-13(7-12-3-5-14(22)6-4-12)18(16(26)10-25)23-19(15)20/h3-6,8,16,25-26H,7,9-11H2,1-2H3. The molecule has 0 spiro atoms. The van der Waals surface area contributed by atoms with Gasteiger partial charge in [-0.15, -0.1) is 11.6 Å². The molecule has 1 aliphatic rings. The van der Waals surface area contributed by atoms with E-state index in [0.717, 1.165) is 5.56 Å². The summed E-state index contributed by atoms with van der Waals surface area (Å²) in [7, 11) is 0. The van der Waals surface area contributed by atoms with Crippen LogP contribution in [0.1, 0.15) is 42.5 Å². The van der Waals surface area contributed by atoms with Crippen molar-refractivity contribution < 1.29 is 19.4 Å². The molecule has 0 radical (unpaired) electrons. The molecule has 0 fully saturated rings. The van der Waals surface area contributed by atoms with Crippen LogP contribution in [0.15, 0.2) is 30.3 Å². The molecule has 1 aromatic heterocycles. The molecule has 2 heterocycles. The van der Waals surface area contributed by atoms with E-state index in [2.05, 4.69) is 4.98 Å². The highest BCUT2D eigenvalue weighted by Crippen LogP contribution is 2.41. The van der Waals surface area contributed by atoms with Gasteiger partial charge in [-0.1, -0.05) is 26.0 Å². The Hall–Kier alpha value is -2.02. The van der Waals surface area contributed by atoms with Gasteiger partial charge in [0.25, 0.3) is 0 Å². The second-order valence-corrected chi connectivity index (χ2v) is 7.67. The van der Waals surface area contributed by atoms with Crippen LogP contribution in [0.2, 0.25) is 0 Å². The number of carbonyl (C=O) groups is 1. The third-order valence-electron chi connectivity index (χ3n) is 4.81. The number of benzene rings is 1. The maximum Gasteiger partial charge on any atom is 0.241 e. The Morgan fingerprint density at radius 3 is 2.63 bits per heavy atom. The predicted molar refractivity (Wildman–Crippen MR) is 102 cm³/mol. The van der Waals surface area contributed by atoms with E-state index in [1.807, 2.05) is 19.9 Å². The van der Waals surface area contributed by atoms with Gasteiger partial charge in [-0.3, -0.25) is 9.78 Å². The van der Waals surface area contributed by atoms with Gasteiger partial charge in [0.05, 0.1) is 23.7 Å². The summed E-state index contributed by atoms with van der Waals surface area (Å²) in [5.41, 5.74) is 2.82. The van der Waals surface area contributed by atoms with Crippen LogP contribution in [0.25, 0.3) is 0 Å². The zero-order valence-corrected chi connectivity index (χ0v) is 16.0. The number of anilines is 1. The van der Waals surface area contributed by atoms with Crippen LogP contribution >= 0.6 is 11.6 Å².